The van der Waals surface area contributed by atoms with Crippen molar-refractivity contribution in [1.29, 1.82) is 0 Å². The summed E-state index contributed by atoms with van der Waals surface area (Å²) in [5.41, 5.74) is -1.41. The highest BCUT2D eigenvalue weighted by molar-refractivity contribution is 5.90. The van der Waals surface area contributed by atoms with Crippen molar-refractivity contribution in [2.75, 3.05) is 32.7 Å². The van der Waals surface area contributed by atoms with Gasteiger partial charge in [0.2, 0.25) is 0 Å². The fourth-order valence-corrected chi connectivity index (χ4v) is 12.8. The van der Waals surface area contributed by atoms with E-state index in [1.807, 2.05) is 0 Å². The first kappa shape index (κ1) is 30.4. The van der Waals surface area contributed by atoms with Crippen molar-refractivity contribution in [3.8, 4) is 0 Å². The van der Waals surface area contributed by atoms with Gasteiger partial charge in [-0.3, -0.25) is 9.69 Å². The topological polar surface area (TPSA) is 70.1 Å². The first-order valence-corrected chi connectivity index (χ1v) is 18.3. The second-order valence-electron chi connectivity index (χ2n) is 16.5. The Morgan fingerprint density at radius 1 is 1.12 bits per heavy atom. The Balaban J connectivity index is 1.25. The second kappa shape index (κ2) is 11.2. The zero-order valence-corrected chi connectivity index (χ0v) is 27.4. The normalized spacial score (nSPS) is 47.5. The van der Waals surface area contributed by atoms with Gasteiger partial charge in [0.25, 0.3) is 0 Å². The number of carboxylic acid groups (broad SMARTS) is 1. The van der Waals surface area contributed by atoms with Crippen molar-refractivity contribution in [2.24, 2.45) is 51.8 Å². The Bertz CT molecular complexity index is 1120. The van der Waals surface area contributed by atoms with E-state index in [9.17, 15) is 14.7 Å². The van der Waals surface area contributed by atoms with Gasteiger partial charge in [0.1, 0.15) is 11.7 Å². The molecule has 0 aromatic rings. The van der Waals surface area contributed by atoms with Crippen molar-refractivity contribution in [1.82, 2.24) is 9.80 Å². The number of carboxylic acids is 1. The molecule has 3 saturated carbocycles. The summed E-state index contributed by atoms with van der Waals surface area (Å²) >= 11 is 0. The Hall–Kier alpha value is -1.24. The number of ether oxygens (including phenoxy) is 1. The summed E-state index contributed by atoms with van der Waals surface area (Å²) in [5.74, 6) is 1.10. The number of aliphatic carboxylic acids is 1. The molecule has 4 bridgehead atoms. The summed E-state index contributed by atoms with van der Waals surface area (Å²) in [6.45, 7) is 14.8. The molecule has 11 atom stereocenters. The first-order chi connectivity index (χ1) is 20.7. The molecule has 6 nitrogen and oxygen atoms in total. The Labute approximate surface area is 260 Å². The number of nitrogens with zero attached hydrogens (tertiary/aromatic N) is 2. The van der Waals surface area contributed by atoms with E-state index in [4.69, 9.17) is 4.74 Å². The zero-order chi connectivity index (χ0) is 30.1. The van der Waals surface area contributed by atoms with Crippen LogP contribution >= 0.6 is 0 Å². The molecule has 0 spiro atoms. The van der Waals surface area contributed by atoms with E-state index in [1.54, 1.807) is 0 Å². The Morgan fingerprint density at radius 2 is 1.91 bits per heavy atom. The molecule has 4 aliphatic carbocycles. The summed E-state index contributed by atoms with van der Waals surface area (Å²) in [6.07, 6.45) is 17.0. The molecule has 7 rings (SSSR count). The maximum atomic E-state index is 14.1. The quantitative estimate of drug-likeness (QED) is 0.220. The van der Waals surface area contributed by atoms with Crippen molar-refractivity contribution in [3.63, 3.8) is 0 Å². The minimum Gasteiger partial charge on any atom is -0.481 e. The molecule has 7 aliphatic rings. The standard InChI is InChI=1S/C37H58N2O4/c1-5-6-10-26-17-33(43-32(26)22-39-16-9-11-28(39)21-38-14-7-8-15-38)36-20-29-25(4)12-13-30(29)35(23-40)19-27(36)18-31(24(2)3)37(35,36)34(41)42/h18,23-30,32-33H,5-17,19-22H2,1-4H3,(H,41,42)/t25-,26?,27?,28+,29-,30-,32?,33?,35?,36?,37?/m1/s1. The average molecular weight is 595 g/mol. The Kier molecular flexibility index (Phi) is 7.94. The van der Waals surface area contributed by atoms with Crippen LogP contribution in [0.2, 0.25) is 0 Å². The number of hydrogen-bond donors (Lipinski definition) is 1. The van der Waals surface area contributed by atoms with Crippen molar-refractivity contribution < 1.29 is 19.4 Å². The summed E-state index contributed by atoms with van der Waals surface area (Å²) in [6, 6.07) is 0.616. The number of fused-ring (bicyclic) bond motifs is 2. The molecule has 1 N–H and O–H groups in total. The molecule has 0 radical (unpaired) electrons. The highest BCUT2D eigenvalue weighted by Crippen LogP contribution is 2.84. The number of hydrogen-bond acceptors (Lipinski definition) is 5. The number of aldehydes is 1. The Morgan fingerprint density at radius 3 is 2.60 bits per heavy atom. The monoisotopic (exact) mass is 594 g/mol. The van der Waals surface area contributed by atoms with Crippen LogP contribution in [0.15, 0.2) is 11.6 Å². The maximum absolute atomic E-state index is 14.1. The van der Waals surface area contributed by atoms with Crippen LogP contribution < -0.4 is 0 Å². The van der Waals surface area contributed by atoms with Crippen LogP contribution in [0.4, 0.5) is 0 Å². The molecule has 0 aromatic carbocycles. The van der Waals surface area contributed by atoms with E-state index in [-0.39, 0.29) is 30.0 Å². The fraction of sp³-hybridized carbons (Fsp3) is 0.892. The summed E-state index contributed by atoms with van der Waals surface area (Å²) in [4.78, 5) is 33.0. The van der Waals surface area contributed by atoms with E-state index in [0.717, 1.165) is 50.8 Å². The predicted octanol–water partition coefficient (Wildman–Crippen LogP) is 6.44. The molecule has 3 saturated heterocycles. The highest BCUT2D eigenvalue weighted by Gasteiger charge is 2.86. The molecule has 240 valence electrons. The molecule has 0 aromatic heterocycles. The number of unbranched alkanes of at least 4 members (excludes halogenated alkanes) is 1. The van der Waals surface area contributed by atoms with Gasteiger partial charge >= 0.3 is 5.97 Å². The molecular weight excluding hydrogens is 536 g/mol. The zero-order valence-electron chi connectivity index (χ0n) is 27.4. The third-order valence-corrected chi connectivity index (χ3v) is 14.5. The smallest absolute Gasteiger partial charge is 0.315 e. The number of rotatable bonds is 11. The maximum Gasteiger partial charge on any atom is 0.315 e. The van der Waals surface area contributed by atoms with Gasteiger partial charge in [-0.1, -0.05) is 58.6 Å². The lowest BCUT2D eigenvalue weighted by atomic mass is 9.41. The van der Waals surface area contributed by atoms with Crippen LogP contribution in [0.1, 0.15) is 105 Å². The lowest BCUT2D eigenvalue weighted by Crippen LogP contribution is -2.65. The summed E-state index contributed by atoms with van der Waals surface area (Å²) < 4.78 is 7.40. The van der Waals surface area contributed by atoms with Crippen molar-refractivity contribution in [2.45, 2.75) is 123 Å². The molecule has 43 heavy (non-hydrogen) atoms. The van der Waals surface area contributed by atoms with Gasteiger partial charge in [-0.15, -0.1) is 0 Å². The minimum atomic E-state index is -1.13. The van der Waals surface area contributed by atoms with Crippen molar-refractivity contribution in [3.05, 3.63) is 11.6 Å². The number of carbonyl (C=O) groups excluding carboxylic acids is 1. The average Bonchev–Trinajstić information content (AvgIpc) is 3.83. The van der Waals surface area contributed by atoms with Gasteiger partial charge in [-0.2, -0.15) is 0 Å². The van der Waals surface area contributed by atoms with Crippen LogP contribution in [-0.4, -0.2) is 78.1 Å². The lowest BCUT2D eigenvalue weighted by Gasteiger charge is -2.60. The molecule has 3 heterocycles. The number of likely N-dealkylation sites (tertiary alicyclic amines) is 2. The molecule has 3 aliphatic heterocycles. The third kappa shape index (κ3) is 4.13. The van der Waals surface area contributed by atoms with E-state index in [2.05, 4.69) is 43.6 Å². The minimum absolute atomic E-state index is 0.0943. The fourth-order valence-electron chi connectivity index (χ4n) is 12.8. The van der Waals surface area contributed by atoms with Crippen LogP contribution in [0.25, 0.3) is 0 Å². The molecule has 6 heteroatoms. The summed E-state index contributed by atoms with van der Waals surface area (Å²) in [5, 5.41) is 11.5. The van der Waals surface area contributed by atoms with Gasteiger partial charge in [-0.25, -0.2) is 0 Å². The lowest BCUT2D eigenvalue weighted by molar-refractivity contribution is -0.197. The van der Waals surface area contributed by atoms with Crippen molar-refractivity contribution >= 4 is 12.3 Å². The third-order valence-electron chi connectivity index (χ3n) is 14.5. The van der Waals surface area contributed by atoms with E-state index < -0.39 is 22.2 Å². The largest absolute Gasteiger partial charge is 0.481 e. The molecule has 6 fully saturated rings. The first-order valence-electron chi connectivity index (χ1n) is 18.3. The van der Waals surface area contributed by atoms with Gasteiger partial charge in [0, 0.05) is 24.5 Å². The SMILES string of the molecule is CCCCC1CC(C23C[C@@H]4[C@H](C)CC[C@H]4C4(C=O)CC2C=C(C(C)C)C34C(=O)O)OC1CN1CCC[C@H]1CN1CCCC1. The van der Waals surface area contributed by atoms with E-state index >= 15 is 0 Å². The highest BCUT2D eigenvalue weighted by atomic mass is 16.5. The van der Waals surface area contributed by atoms with Gasteiger partial charge < -0.3 is 19.5 Å². The van der Waals surface area contributed by atoms with E-state index in [0.29, 0.717) is 30.2 Å². The van der Waals surface area contributed by atoms with Gasteiger partial charge in [0.15, 0.2) is 0 Å². The predicted molar refractivity (Wildman–Crippen MR) is 169 cm³/mol. The van der Waals surface area contributed by atoms with E-state index in [1.165, 1.54) is 64.4 Å². The van der Waals surface area contributed by atoms with Crippen LogP contribution in [0.3, 0.4) is 0 Å². The second-order valence-corrected chi connectivity index (χ2v) is 16.5. The molecular formula is C37H58N2O4. The molecule has 7 unspecified atom stereocenters. The molecule has 0 amide bonds. The van der Waals surface area contributed by atoms with Crippen LogP contribution in [-0.2, 0) is 14.3 Å². The van der Waals surface area contributed by atoms with Gasteiger partial charge in [0.05, 0.1) is 17.6 Å². The van der Waals surface area contributed by atoms with Crippen LogP contribution in [0.5, 0.6) is 0 Å². The summed E-state index contributed by atoms with van der Waals surface area (Å²) in [7, 11) is 0. The van der Waals surface area contributed by atoms with Gasteiger partial charge in [-0.05, 0) is 113 Å². The number of carbonyl (C=O) groups is 2. The number of allylic oxidation sites excluding steroid dienone is 1. The van der Waals surface area contributed by atoms with Crippen LogP contribution in [0, 0.1) is 51.8 Å².